The molecule has 0 aliphatic carbocycles. The second kappa shape index (κ2) is 4.63. The van der Waals surface area contributed by atoms with Crippen molar-refractivity contribution in [3.8, 4) is 0 Å². The predicted molar refractivity (Wildman–Crippen MR) is 63.6 cm³/mol. The van der Waals surface area contributed by atoms with Crippen molar-refractivity contribution in [1.82, 2.24) is 0 Å². The molecule has 0 aliphatic heterocycles. The maximum atomic E-state index is 6.19. The van der Waals surface area contributed by atoms with Crippen molar-refractivity contribution in [1.29, 1.82) is 0 Å². The van der Waals surface area contributed by atoms with Crippen molar-refractivity contribution in [2.24, 2.45) is 0 Å². The molecule has 0 heterocycles. The maximum Gasteiger partial charge on any atom is 0.154 e. The van der Waals surface area contributed by atoms with E-state index in [1.165, 1.54) is 5.56 Å². The number of benzene rings is 1. The molecule has 0 aromatic heterocycles. The molecular weight excluding hydrogens is 196 g/mol. The largest absolute Gasteiger partial charge is 0.167 e. The van der Waals surface area contributed by atoms with E-state index in [-0.39, 0.29) is 0 Å². The quantitative estimate of drug-likeness (QED) is 0.520. The number of allylic oxidation sites excluding steroid dienone is 1. The topological polar surface area (TPSA) is 0 Å². The van der Waals surface area contributed by atoms with Crippen molar-refractivity contribution in [2.45, 2.75) is 19.1 Å². The van der Waals surface area contributed by atoms with Crippen LogP contribution in [-0.2, 0) is 0 Å². The van der Waals surface area contributed by atoms with E-state index in [1.807, 2.05) is 18.2 Å². The van der Waals surface area contributed by atoms with E-state index in [1.54, 1.807) is 0 Å². The van der Waals surface area contributed by atoms with Crippen LogP contribution < -0.4 is 0 Å². The van der Waals surface area contributed by atoms with Crippen molar-refractivity contribution in [2.75, 3.05) is 0 Å². The molecule has 0 fully saturated rings. The van der Waals surface area contributed by atoms with Crippen LogP contribution in [-0.4, -0.2) is 7.38 Å². The van der Waals surface area contributed by atoms with Gasteiger partial charge in [0.15, 0.2) is 7.38 Å². The Balaban J connectivity index is 2.51. The lowest BCUT2D eigenvalue weighted by molar-refractivity contribution is 1.58. The molecule has 1 rings (SSSR count). The Morgan fingerprint density at radius 2 is 1.85 bits per heavy atom. The summed E-state index contributed by atoms with van der Waals surface area (Å²) in [6, 6.07) is 11.3. The van der Waals surface area contributed by atoms with E-state index in [9.17, 15) is 0 Å². The van der Waals surface area contributed by atoms with Crippen LogP contribution in [0.1, 0.15) is 5.56 Å². The molecule has 0 aliphatic rings. The number of halogens is 1. The van der Waals surface area contributed by atoms with E-state index in [0.29, 0.717) is 0 Å². The summed E-state index contributed by atoms with van der Waals surface area (Å²) in [6.07, 6.45) is 4.31. The predicted octanol–water partition coefficient (Wildman–Crippen LogP) is 4.14. The van der Waals surface area contributed by atoms with Gasteiger partial charge in [-0.3, -0.25) is 0 Å². The van der Waals surface area contributed by atoms with E-state index >= 15 is 0 Å². The van der Waals surface area contributed by atoms with Crippen molar-refractivity contribution < 1.29 is 0 Å². The Morgan fingerprint density at radius 1 is 1.23 bits per heavy atom. The first-order valence-corrected chi connectivity index (χ1v) is 8.70. The van der Waals surface area contributed by atoms with Gasteiger partial charge in [0.25, 0.3) is 0 Å². The highest BCUT2D eigenvalue weighted by Crippen LogP contribution is 2.15. The fraction of sp³-hybridized carbons (Fsp3) is 0.273. The van der Waals surface area contributed by atoms with Crippen LogP contribution in [0.3, 0.4) is 0 Å². The van der Waals surface area contributed by atoms with Crippen molar-refractivity contribution in [3.63, 3.8) is 0 Å². The molecule has 1 aromatic carbocycles. The number of rotatable bonds is 3. The lowest BCUT2D eigenvalue weighted by atomic mass is 10.2. The van der Waals surface area contributed by atoms with E-state index in [2.05, 4.69) is 37.4 Å². The molecule has 0 atom stereocenters. The number of hydrogen-bond donors (Lipinski definition) is 0. The molecule has 0 nitrogen and oxygen atoms in total. The van der Waals surface area contributed by atoms with Gasteiger partial charge in [-0.05, 0) is 11.6 Å². The summed E-state index contributed by atoms with van der Waals surface area (Å²) in [5, 5.41) is 0. The van der Waals surface area contributed by atoms with E-state index in [0.717, 1.165) is 6.04 Å². The van der Waals surface area contributed by atoms with Gasteiger partial charge in [-0.2, -0.15) is 11.1 Å². The summed E-state index contributed by atoms with van der Waals surface area (Å²) in [5.74, 6) is 0. The van der Waals surface area contributed by atoms with Crippen molar-refractivity contribution in [3.05, 3.63) is 42.0 Å². The highest BCUT2D eigenvalue weighted by molar-refractivity contribution is 7.19. The summed E-state index contributed by atoms with van der Waals surface area (Å²) in [4.78, 5) is 0. The van der Waals surface area contributed by atoms with E-state index in [4.69, 9.17) is 11.1 Å². The fourth-order valence-corrected chi connectivity index (χ4v) is 1.99. The highest BCUT2D eigenvalue weighted by Gasteiger charge is 2.13. The van der Waals surface area contributed by atoms with Crippen LogP contribution in [0, 0.1) is 0 Å². The number of hydrogen-bond acceptors (Lipinski definition) is 0. The first-order valence-electron chi connectivity index (χ1n) is 4.48. The van der Waals surface area contributed by atoms with Crippen LogP contribution in [0.15, 0.2) is 36.4 Å². The zero-order valence-electron chi connectivity index (χ0n) is 8.13. The van der Waals surface area contributed by atoms with Gasteiger partial charge in [0.2, 0.25) is 0 Å². The molecule has 0 saturated heterocycles. The molecule has 0 spiro atoms. The Labute approximate surface area is 86.0 Å². The molecule has 0 unspecified atom stereocenters. The van der Waals surface area contributed by atoms with Gasteiger partial charge in [0.1, 0.15) is 0 Å². The van der Waals surface area contributed by atoms with Gasteiger partial charge in [-0.1, -0.05) is 55.6 Å². The summed E-state index contributed by atoms with van der Waals surface area (Å²) in [5.41, 5.74) is 1.25. The van der Waals surface area contributed by atoms with Gasteiger partial charge in [0.05, 0.1) is 0 Å². The molecule has 70 valence electrons. The summed E-state index contributed by atoms with van der Waals surface area (Å²) in [7, 11) is -1.43. The molecule has 0 radical (unpaired) electrons. The van der Waals surface area contributed by atoms with Gasteiger partial charge in [-0.25, -0.2) is 0 Å². The average Bonchev–Trinajstić information content (AvgIpc) is 2.04. The first kappa shape index (κ1) is 10.5. The minimum Gasteiger partial charge on any atom is -0.167 e. The van der Waals surface area contributed by atoms with Crippen LogP contribution in [0.25, 0.3) is 6.08 Å². The lowest BCUT2D eigenvalue weighted by Gasteiger charge is -2.07. The minimum absolute atomic E-state index is 1.03. The normalized spacial score (nSPS) is 12.2. The van der Waals surface area contributed by atoms with Crippen molar-refractivity contribution >= 4 is 24.5 Å². The third-order valence-electron chi connectivity index (χ3n) is 1.71. The van der Waals surface area contributed by atoms with Gasteiger partial charge >= 0.3 is 0 Å². The van der Waals surface area contributed by atoms with Gasteiger partial charge in [0, 0.05) is 0 Å². The monoisotopic (exact) mass is 210 g/mol. The molecule has 0 N–H and O–H groups in total. The second-order valence-corrected chi connectivity index (χ2v) is 10.7. The molecule has 2 heteroatoms. The Hall–Kier alpha value is -0.533. The van der Waals surface area contributed by atoms with Gasteiger partial charge < -0.3 is 0 Å². The second-order valence-electron chi connectivity index (χ2n) is 3.74. The Bertz CT molecular complexity index is 272. The highest BCUT2D eigenvalue weighted by atomic mass is 35.6. The first-order chi connectivity index (χ1) is 6.08. The zero-order chi connectivity index (χ0) is 9.73. The lowest BCUT2D eigenvalue weighted by Crippen LogP contribution is -2.13. The van der Waals surface area contributed by atoms with Crippen LogP contribution >= 0.6 is 11.1 Å². The van der Waals surface area contributed by atoms with E-state index < -0.39 is 7.38 Å². The third-order valence-corrected chi connectivity index (χ3v) is 3.38. The summed E-state index contributed by atoms with van der Waals surface area (Å²) >= 11 is 6.19. The third kappa shape index (κ3) is 4.91. The molecular formula is C11H15ClSi. The Morgan fingerprint density at radius 3 is 2.38 bits per heavy atom. The minimum atomic E-state index is -1.43. The molecule has 0 amide bonds. The summed E-state index contributed by atoms with van der Waals surface area (Å²) < 4.78 is 0. The van der Waals surface area contributed by atoms with Crippen LogP contribution in [0.4, 0.5) is 0 Å². The SMILES string of the molecule is C[Si](C)(Cl)CC=Cc1ccccc1. The Kier molecular flexibility index (Phi) is 3.76. The average molecular weight is 211 g/mol. The summed E-state index contributed by atoms with van der Waals surface area (Å²) in [6.45, 7) is 4.31. The molecule has 1 aromatic rings. The van der Waals surface area contributed by atoms with Gasteiger partial charge in [-0.15, -0.1) is 0 Å². The van der Waals surface area contributed by atoms with Crippen LogP contribution in [0.5, 0.6) is 0 Å². The zero-order valence-corrected chi connectivity index (χ0v) is 9.88. The standard InChI is InChI=1S/C11H15ClSi/c1-13(2,12)10-6-9-11-7-4-3-5-8-11/h3-9H,10H2,1-2H3. The molecule has 13 heavy (non-hydrogen) atoms. The fourth-order valence-electron chi connectivity index (χ4n) is 1.04. The smallest absolute Gasteiger partial charge is 0.154 e. The van der Waals surface area contributed by atoms with Crippen LogP contribution in [0.2, 0.25) is 19.1 Å². The molecule has 0 saturated carbocycles. The molecule has 0 bridgehead atoms. The maximum absolute atomic E-state index is 6.19.